The number of rotatable bonds is 3. The van der Waals surface area contributed by atoms with Gasteiger partial charge in [0.2, 0.25) is 0 Å². The molecular weight excluding hydrogens is 502 g/mol. The highest BCUT2D eigenvalue weighted by molar-refractivity contribution is 6.12. The van der Waals surface area contributed by atoms with E-state index in [-0.39, 0.29) is 0 Å². The molecule has 0 saturated heterocycles. The Bertz CT molecular complexity index is 2420. The number of hydrogen-bond acceptors (Lipinski definition) is 2. The molecule has 0 fully saturated rings. The first-order chi connectivity index (χ1) is 20.3. The van der Waals surface area contributed by atoms with Gasteiger partial charge in [-0.2, -0.15) is 0 Å². The molecule has 41 heavy (non-hydrogen) atoms. The molecule has 0 bridgehead atoms. The second kappa shape index (κ2) is 8.41. The minimum atomic E-state index is 0.909. The predicted octanol–water partition coefficient (Wildman–Crippen LogP) is 8.59. The van der Waals surface area contributed by atoms with E-state index >= 15 is 0 Å². The second-order valence-corrected chi connectivity index (χ2v) is 10.4. The van der Waals surface area contributed by atoms with Gasteiger partial charge in [0.25, 0.3) is 0 Å². The summed E-state index contributed by atoms with van der Waals surface area (Å²) in [5, 5.41) is 4.88. The van der Waals surface area contributed by atoms with Crippen molar-refractivity contribution >= 4 is 49.1 Å². The van der Waals surface area contributed by atoms with Crippen molar-refractivity contribution in [1.29, 1.82) is 0 Å². The summed E-state index contributed by atoms with van der Waals surface area (Å²) in [6.45, 7) is 0. The van der Waals surface area contributed by atoms with Gasteiger partial charge >= 0.3 is 0 Å². The Hall–Kier alpha value is -5.68. The first kappa shape index (κ1) is 22.2. The van der Waals surface area contributed by atoms with Gasteiger partial charge in [-0.05, 0) is 54.6 Å². The summed E-state index contributed by atoms with van der Waals surface area (Å²) in [6.07, 6.45) is 5.78. The van der Waals surface area contributed by atoms with Gasteiger partial charge in [-0.15, -0.1) is 0 Å². The highest BCUT2D eigenvalue weighted by atomic mass is 15.1. The van der Waals surface area contributed by atoms with Gasteiger partial charge in [0.15, 0.2) is 0 Å². The molecule has 0 N–H and O–H groups in total. The highest BCUT2D eigenvalue weighted by Gasteiger charge is 2.18. The van der Waals surface area contributed by atoms with Gasteiger partial charge in [0.1, 0.15) is 5.82 Å². The average molecular weight is 526 g/mol. The zero-order valence-corrected chi connectivity index (χ0v) is 22.0. The molecule has 192 valence electrons. The maximum atomic E-state index is 4.78. The van der Waals surface area contributed by atoms with Gasteiger partial charge in [0, 0.05) is 45.2 Å². The molecule has 0 amide bonds. The smallest absolute Gasteiger partial charge is 0.137 e. The van der Waals surface area contributed by atoms with E-state index < -0.39 is 0 Å². The van der Waals surface area contributed by atoms with E-state index in [2.05, 4.69) is 117 Å². The number of hydrogen-bond donors (Lipinski definition) is 0. The van der Waals surface area contributed by atoms with Crippen LogP contribution in [-0.4, -0.2) is 23.5 Å². The van der Waals surface area contributed by atoms with Crippen LogP contribution in [0.5, 0.6) is 0 Å². The molecule has 9 aromatic rings. The fourth-order valence-electron chi connectivity index (χ4n) is 6.39. The van der Waals surface area contributed by atoms with Crippen molar-refractivity contribution in [1.82, 2.24) is 23.5 Å². The molecule has 0 saturated carbocycles. The number of para-hydroxylation sites is 2. The topological polar surface area (TPSA) is 40.0 Å². The lowest BCUT2D eigenvalue weighted by Crippen LogP contribution is -1.98. The summed E-state index contributed by atoms with van der Waals surface area (Å²) >= 11 is 0. The zero-order valence-electron chi connectivity index (χ0n) is 22.0. The quantitative estimate of drug-likeness (QED) is 0.232. The van der Waals surface area contributed by atoms with Crippen molar-refractivity contribution in [3.63, 3.8) is 0 Å². The maximum Gasteiger partial charge on any atom is 0.137 e. The van der Waals surface area contributed by atoms with Crippen LogP contribution in [0.25, 0.3) is 71.9 Å². The minimum Gasteiger partial charge on any atom is -0.309 e. The first-order valence-corrected chi connectivity index (χ1v) is 13.8. The van der Waals surface area contributed by atoms with Crippen LogP contribution in [0.4, 0.5) is 0 Å². The first-order valence-electron chi connectivity index (χ1n) is 13.8. The molecule has 0 spiro atoms. The predicted molar refractivity (Wildman–Crippen MR) is 167 cm³/mol. The van der Waals surface area contributed by atoms with Gasteiger partial charge in [-0.3, -0.25) is 4.57 Å². The van der Waals surface area contributed by atoms with E-state index in [0.717, 1.165) is 44.8 Å². The van der Waals surface area contributed by atoms with E-state index in [1.807, 2.05) is 36.9 Å². The molecule has 5 aromatic heterocycles. The lowest BCUT2D eigenvalue weighted by molar-refractivity contribution is 1.08. The summed E-state index contributed by atoms with van der Waals surface area (Å²) in [6, 6.07) is 43.0. The number of pyridine rings is 2. The van der Waals surface area contributed by atoms with Crippen molar-refractivity contribution in [2.45, 2.75) is 0 Å². The summed E-state index contributed by atoms with van der Waals surface area (Å²) in [7, 11) is 0. The summed E-state index contributed by atoms with van der Waals surface area (Å²) < 4.78 is 6.72. The monoisotopic (exact) mass is 525 g/mol. The fraction of sp³-hybridized carbons (Fsp3) is 0. The standard InChI is InChI=1S/C36H23N5/c1-3-11-30-26(9-1)28-17-15-24(36-32-13-6-8-20-39(32)23-38-36)21-33(28)40(30)25-16-18-29-27-10-2-4-12-31(27)41(34(29)22-25)35-14-5-7-19-37-35/h1-23H. The lowest BCUT2D eigenvalue weighted by atomic mass is 10.1. The third-order valence-corrected chi connectivity index (χ3v) is 8.19. The Kier molecular flexibility index (Phi) is 4.55. The molecule has 5 heteroatoms. The zero-order chi connectivity index (χ0) is 26.9. The fourth-order valence-corrected chi connectivity index (χ4v) is 6.39. The minimum absolute atomic E-state index is 0.909. The molecular formula is C36H23N5. The van der Waals surface area contributed by atoms with Crippen molar-refractivity contribution < 1.29 is 0 Å². The number of benzene rings is 4. The second-order valence-electron chi connectivity index (χ2n) is 10.4. The number of imidazole rings is 1. The van der Waals surface area contributed by atoms with Gasteiger partial charge in [-0.25, -0.2) is 9.97 Å². The highest BCUT2D eigenvalue weighted by Crippen LogP contribution is 2.38. The molecule has 0 aliphatic rings. The SMILES string of the molecule is c1ccc(-n2c3ccccc3c3ccc(-n4c5ccccc5c5ccc(-c6ncn7ccccc67)cc54)cc32)nc1. The number of fused-ring (bicyclic) bond motifs is 7. The maximum absolute atomic E-state index is 4.78. The van der Waals surface area contributed by atoms with E-state index in [1.54, 1.807) is 0 Å². The molecule has 0 unspecified atom stereocenters. The molecule has 0 atom stereocenters. The molecule has 5 nitrogen and oxygen atoms in total. The summed E-state index contributed by atoms with van der Waals surface area (Å²) in [5.41, 5.74) is 8.88. The van der Waals surface area contributed by atoms with E-state index in [9.17, 15) is 0 Å². The Morgan fingerprint density at radius 2 is 1.12 bits per heavy atom. The molecule has 0 aliphatic heterocycles. The van der Waals surface area contributed by atoms with Crippen molar-refractivity contribution in [2.24, 2.45) is 0 Å². The Balaban J connectivity index is 1.35. The normalized spacial score (nSPS) is 11.9. The third kappa shape index (κ3) is 3.17. The third-order valence-electron chi connectivity index (χ3n) is 8.19. The van der Waals surface area contributed by atoms with Gasteiger partial charge < -0.3 is 8.97 Å². The largest absolute Gasteiger partial charge is 0.309 e. The molecule has 5 heterocycles. The molecule has 9 rings (SSSR count). The van der Waals surface area contributed by atoms with Crippen LogP contribution < -0.4 is 0 Å². The van der Waals surface area contributed by atoms with Crippen LogP contribution >= 0.6 is 0 Å². The van der Waals surface area contributed by atoms with Crippen molar-refractivity contribution in [3.05, 3.63) is 140 Å². The lowest BCUT2D eigenvalue weighted by Gasteiger charge is -2.11. The molecule has 4 aromatic carbocycles. The van der Waals surface area contributed by atoms with Gasteiger partial charge in [-0.1, -0.05) is 66.7 Å². The van der Waals surface area contributed by atoms with E-state index in [4.69, 9.17) is 9.97 Å². The van der Waals surface area contributed by atoms with Crippen LogP contribution in [0.1, 0.15) is 0 Å². The van der Waals surface area contributed by atoms with Crippen LogP contribution in [0.3, 0.4) is 0 Å². The van der Waals surface area contributed by atoms with Crippen LogP contribution in [0.15, 0.2) is 140 Å². The van der Waals surface area contributed by atoms with E-state index in [1.165, 1.54) is 27.1 Å². The van der Waals surface area contributed by atoms with Crippen LogP contribution in [0.2, 0.25) is 0 Å². The summed E-state index contributed by atoms with van der Waals surface area (Å²) in [5.74, 6) is 0.909. The van der Waals surface area contributed by atoms with Crippen molar-refractivity contribution in [2.75, 3.05) is 0 Å². The number of nitrogens with zero attached hydrogens (tertiary/aromatic N) is 5. The summed E-state index contributed by atoms with van der Waals surface area (Å²) in [4.78, 5) is 9.51. The van der Waals surface area contributed by atoms with Crippen molar-refractivity contribution in [3.8, 4) is 22.8 Å². The molecule has 0 radical (unpaired) electrons. The van der Waals surface area contributed by atoms with Crippen LogP contribution in [-0.2, 0) is 0 Å². The average Bonchev–Trinajstić information content (AvgIpc) is 3.71. The Morgan fingerprint density at radius 3 is 1.93 bits per heavy atom. The Morgan fingerprint density at radius 1 is 0.463 bits per heavy atom. The van der Waals surface area contributed by atoms with Crippen LogP contribution in [0, 0.1) is 0 Å². The van der Waals surface area contributed by atoms with E-state index in [0.29, 0.717) is 0 Å². The van der Waals surface area contributed by atoms with Gasteiger partial charge in [0.05, 0.1) is 39.6 Å². The Labute approximate surface area is 235 Å². The molecule has 0 aliphatic carbocycles. The number of aromatic nitrogens is 5.